The zero-order valence-corrected chi connectivity index (χ0v) is 13.8. The van der Waals surface area contributed by atoms with Gasteiger partial charge in [0.1, 0.15) is 26.2 Å². The molecule has 0 bridgehead atoms. The number of hydrogen-bond donors (Lipinski definition) is 3. The van der Waals surface area contributed by atoms with Gasteiger partial charge in [0, 0.05) is 5.69 Å². The number of amides is 1. The van der Waals surface area contributed by atoms with Gasteiger partial charge in [-0.3, -0.25) is 4.79 Å². The standard InChI is InChI=1S/C17H27N3O/c1-13(2)15-7-5-6-14(3)17(15)18-16(21)12-20-10-8-19(4)9-11-20/h5-7,13H,8-12H2,1-4H3,(H,18,21)/p+2. The summed E-state index contributed by atoms with van der Waals surface area (Å²) < 4.78 is 0. The number of anilines is 1. The SMILES string of the molecule is Cc1cccc(C(C)C)c1NC(=O)C[NH+]1CC[NH+](C)CC1. The first-order valence-electron chi connectivity index (χ1n) is 8.01. The maximum absolute atomic E-state index is 12.4. The molecule has 1 aromatic carbocycles. The molecule has 2 rings (SSSR count). The van der Waals surface area contributed by atoms with E-state index in [2.05, 4.69) is 51.3 Å². The predicted octanol–water partition coefficient (Wildman–Crippen LogP) is -0.530. The van der Waals surface area contributed by atoms with Crippen molar-refractivity contribution in [1.29, 1.82) is 0 Å². The Morgan fingerprint density at radius 2 is 1.90 bits per heavy atom. The van der Waals surface area contributed by atoms with E-state index in [9.17, 15) is 4.79 Å². The molecule has 0 unspecified atom stereocenters. The Labute approximate surface area is 128 Å². The van der Waals surface area contributed by atoms with Crippen molar-refractivity contribution in [2.45, 2.75) is 26.7 Å². The monoisotopic (exact) mass is 291 g/mol. The fourth-order valence-electron chi connectivity index (χ4n) is 2.96. The second-order valence-electron chi connectivity index (χ2n) is 6.63. The lowest BCUT2D eigenvalue weighted by atomic mass is 9.98. The van der Waals surface area contributed by atoms with E-state index in [1.165, 1.54) is 10.5 Å². The van der Waals surface area contributed by atoms with Gasteiger partial charge >= 0.3 is 0 Å². The van der Waals surface area contributed by atoms with Crippen molar-refractivity contribution in [1.82, 2.24) is 0 Å². The van der Waals surface area contributed by atoms with Crippen LogP contribution in [0.4, 0.5) is 5.69 Å². The number of piperazine rings is 1. The van der Waals surface area contributed by atoms with Crippen LogP contribution in [0.3, 0.4) is 0 Å². The molecule has 1 saturated heterocycles. The summed E-state index contributed by atoms with van der Waals surface area (Å²) in [5.41, 5.74) is 3.38. The molecule has 1 amide bonds. The van der Waals surface area contributed by atoms with E-state index in [1.54, 1.807) is 4.90 Å². The maximum Gasteiger partial charge on any atom is 0.279 e. The van der Waals surface area contributed by atoms with Crippen LogP contribution in [-0.2, 0) is 4.79 Å². The third-order valence-corrected chi connectivity index (χ3v) is 4.41. The molecule has 1 fully saturated rings. The summed E-state index contributed by atoms with van der Waals surface area (Å²) in [6.45, 7) is 11.5. The molecular weight excluding hydrogens is 262 g/mol. The molecule has 116 valence electrons. The number of hydrogen-bond acceptors (Lipinski definition) is 1. The lowest BCUT2D eigenvalue weighted by Crippen LogP contribution is -3.27. The normalized spacial score (nSPS) is 22.3. The van der Waals surface area contributed by atoms with Gasteiger partial charge in [-0.05, 0) is 24.0 Å². The van der Waals surface area contributed by atoms with Crippen LogP contribution in [0, 0.1) is 6.92 Å². The quantitative estimate of drug-likeness (QED) is 0.686. The van der Waals surface area contributed by atoms with E-state index in [-0.39, 0.29) is 5.91 Å². The van der Waals surface area contributed by atoms with Crippen LogP contribution in [0.1, 0.15) is 30.9 Å². The number of para-hydroxylation sites is 1. The van der Waals surface area contributed by atoms with Gasteiger partial charge in [-0.25, -0.2) is 0 Å². The van der Waals surface area contributed by atoms with Crippen molar-refractivity contribution >= 4 is 11.6 Å². The van der Waals surface area contributed by atoms with E-state index in [4.69, 9.17) is 0 Å². The lowest BCUT2D eigenvalue weighted by Gasteiger charge is -2.27. The average Bonchev–Trinajstić information content (AvgIpc) is 2.43. The second-order valence-corrected chi connectivity index (χ2v) is 6.63. The number of carbonyl (C=O) groups excluding carboxylic acids is 1. The summed E-state index contributed by atoms with van der Waals surface area (Å²) in [4.78, 5) is 15.3. The Balaban J connectivity index is 2.00. The fraction of sp³-hybridized carbons (Fsp3) is 0.588. The third kappa shape index (κ3) is 4.29. The molecule has 0 radical (unpaired) electrons. The topological polar surface area (TPSA) is 38.0 Å². The number of benzene rings is 1. The smallest absolute Gasteiger partial charge is 0.279 e. The Morgan fingerprint density at radius 3 is 2.52 bits per heavy atom. The average molecular weight is 291 g/mol. The molecule has 1 aliphatic rings. The fourth-order valence-corrected chi connectivity index (χ4v) is 2.96. The first kappa shape index (κ1) is 16.0. The highest BCUT2D eigenvalue weighted by molar-refractivity contribution is 5.93. The van der Waals surface area contributed by atoms with Gasteiger partial charge in [0.15, 0.2) is 6.54 Å². The number of aryl methyl sites for hydroxylation is 1. The molecule has 4 nitrogen and oxygen atoms in total. The summed E-state index contributed by atoms with van der Waals surface area (Å²) >= 11 is 0. The number of nitrogens with one attached hydrogen (secondary N) is 3. The van der Waals surface area contributed by atoms with Crippen molar-refractivity contribution in [3.8, 4) is 0 Å². The van der Waals surface area contributed by atoms with Crippen molar-refractivity contribution in [2.24, 2.45) is 0 Å². The number of quaternary nitrogens is 2. The molecule has 4 heteroatoms. The third-order valence-electron chi connectivity index (χ3n) is 4.41. The second kappa shape index (κ2) is 7.05. The molecule has 0 atom stereocenters. The lowest BCUT2D eigenvalue weighted by molar-refractivity contribution is -0.999. The van der Waals surface area contributed by atoms with Gasteiger partial charge in [0.05, 0.1) is 7.05 Å². The maximum atomic E-state index is 12.4. The number of rotatable bonds is 4. The Hall–Kier alpha value is -1.39. The van der Waals surface area contributed by atoms with Crippen molar-refractivity contribution < 1.29 is 14.6 Å². The van der Waals surface area contributed by atoms with Crippen molar-refractivity contribution in [3.63, 3.8) is 0 Å². The van der Waals surface area contributed by atoms with Gasteiger partial charge in [-0.15, -0.1) is 0 Å². The van der Waals surface area contributed by atoms with E-state index in [1.807, 2.05) is 0 Å². The van der Waals surface area contributed by atoms with Crippen molar-refractivity contribution in [3.05, 3.63) is 29.3 Å². The minimum atomic E-state index is 0.140. The van der Waals surface area contributed by atoms with Crippen LogP contribution in [0.25, 0.3) is 0 Å². The van der Waals surface area contributed by atoms with E-state index >= 15 is 0 Å². The Kier molecular flexibility index (Phi) is 5.37. The van der Waals surface area contributed by atoms with Crippen LogP contribution in [0.15, 0.2) is 18.2 Å². The van der Waals surface area contributed by atoms with Crippen LogP contribution >= 0.6 is 0 Å². The molecule has 21 heavy (non-hydrogen) atoms. The Morgan fingerprint density at radius 1 is 1.24 bits per heavy atom. The summed E-state index contributed by atoms with van der Waals surface area (Å²) in [7, 11) is 2.22. The molecular formula is C17H29N3O+2. The van der Waals surface area contributed by atoms with Gasteiger partial charge in [-0.2, -0.15) is 0 Å². The first-order valence-corrected chi connectivity index (χ1v) is 8.01. The predicted molar refractivity (Wildman–Crippen MR) is 86.1 cm³/mol. The highest BCUT2D eigenvalue weighted by Crippen LogP contribution is 2.27. The molecule has 0 aromatic heterocycles. The highest BCUT2D eigenvalue weighted by Gasteiger charge is 2.23. The van der Waals surface area contributed by atoms with E-state index < -0.39 is 0 Å². The zero-order valence-electron chi connectivity index (χ0n) is 13.8. The van der Waals surface area contributed by atoms with Crippen LogP contribution < -0.4 is 15.1 Å². The molecule has 1 aromatic rings. The number of carbonyl (C=O) groups is 1. The summed E-state index contributed by atoms with van der Waals surface area (Å²) in [5.74, 6) is 0.556. The highest BCUT2D eigenvalue weighted by atomic mass is 16.2. The summed E-state index contributed by atoms with van der Waals surface area (Å²) in [6.07, 6.45) is 0. The van der Waals surface area contributed by atoms with Gasteiger partial charge in [0.25, 0.3) is 5.91 Å². The van der Waals surface area contributed by atoms with Gasteiger partial charge in [0.2, 0.25) is 0 Å². The zero-order chi connectivity index (χ0) is 15.4. The molecule has 3 N–H and O–H groups in total. The van der Waals surface area contributed by atoms with Crippen LogP contribution in [0.5, 0.6) is 0 Å². The minimum absolute atomic E-state index is 0.140. The summed E-state index contributed by atoms with van der Waals surface area (Å²) in [5, 5.41) is 3.15. The van der Waals surface area contributed by atoms with Gasteiger partial charge in [-0.1, -0.05) is 32.0 Å². The molecule has 1 heterocycles. The van der Waals surface area contributed by atoms with Gasteiger partial charge < -0.3 is 15.1 Å². The molecule has 0 aliphatic carbocycles. The van der Waals surface area contributed by atoms with E-state index in [0.717, 1.165) is 37.4 Å². The van der Waals surface area contributed by atoms with Crippen LogP contribution in [-0.4, -0.2) is 45.7 Å². The molecule has 0 saturated carbocycles. The molecule has 0 spiro atoms. The summed E-state index contributed by atoms with van der Waals surface area (Å²) in [6, 6.07) is 6.24. The Bertz CT molecular complexity index is 491. The first-order chi connectivity index (χ1) is 9.97. The van der Waals surface area contributed by atoms with Crippen molar-refractivity contribution in [2.75, 3.05) is 45.1 Å². The van der Waals surface area contributed by atoms with Crippen LogP contribution in [0.2, 0.25) is 0 Å². The number of likely N-dealkylation sites (N-methyl/N-ethyl adjacent to an activating group) is 1. The van der Waals surface area contributed by atoms with E-state index in [0.29, 0.717) is 12.5 Å². The molecule has 1 aliphatic heterocycles. The minimum Gasteiger partial charge on any atom is -0.328 e. The largest absolute Gasteiger partial charge is 0.328 e.